The van der Waals surface area contributed by atoms with Gasteiger partial charge in [-0.3, -0.25) is 4.79 Å². The molecular weight excluding hydrogens is 295 g/mol. The van der Waals surface area contributed by atoms with E-state index >= 15 is 0 Å². The average Bonchev–Trinajstić information content (AvgIpc) is 2.40. The predicted octanol–water partition coefficient (Wildman–Crippen LogP) is 3.44. The predicted molar refractivity (Wildman–Crippen MR) is 67.2 cm³/mol. The Bertz CT molecular complexity index is 478. The molecule has 1 aromatic rings. The summed E-state index contributed by atoms with van der Waals surface area (Å²) in [6.07, 6.45) is -0.574. The summed E-state index contributed by atoms with van der Waals surface area (Å²) in [6.45, 7) is 0. The highest BCUT2D eigenvalue weighted by molar-refractivity contribution is 6.29. The summed E-state index contributed by atoms with van der Waals surface area (Å²) in [4.78, 5) is 19.5. The molecule has 1 N–H and O–H groups in total. The molecule has 1 aromatic heterocycles. The van der Waals surface area contributed by atoms with E-state index < -0.39 is 23.9 Å². The van der Waals surface area contributed by atoms with Gasteiger partial charge in [0.2, 0.25) is 5.91 Å². The van der Waals surface area contributed by atoms with Gasteiger partial charge in [-0.15, -0.1) is 0 Å². The zero-order valence-corrected chi connectivity index (χ0v) is 11.2. The molecule has 1 heterocycles. The van der Waals surface area contributed by atoms with Gasteiger partial charge in [0.05, 0.1) is 18.3 Å². The number of nitrogens with zero attached hydrogens (tertiary/aromatic N) is 2. The van der Waals surface area contributed by atoms with Crippen LogP contribution in [0.25, 0.3) is 0 Å². The van der Waals surface area contributed by atoms with Gasteiger partial charge in [-0.1, -0.05) is 24.4 Å². The van der Waals surface area contributed by atoms with E-state index in [-0.39, 0.29) is 23.8 Å². The van der Waals surface area contributed by atoms with Gasteiger partial charge in [0, 0.05) is 5.92 Å². The van der Waals surface area contributed by atoms with Gasteiger partial charge < -0.3 is 5.32 Å². The van der Waals surface area contributed by atoms with Gasteiger partial charge in [0.1, 0.15) is 5.15 Å². The largest absolute Gasteiger partial charge is 0.392 e. The van der Waals surface area contributed by atoms with Crippen molar-refractivity contribution in [2.75, 3.05) is 5.32 Å². The number of anilines is 1. The summed E-state index contributed by atoms with van der Waals surface area (Å²) in [5, 5.41) is 2.52. The van der Waals surface area contributed by atoms with Crippen LogP contribution in [0.1, 0.15) is 25.7 Å². The number of amides is 1. The van der Waals surface area contributed by atoms with Crippen molar-refractivity contribution < 1.29 is 18.0 Å². The van der Waals surface area contributed by atoms with E-state index in [1.165, 1.54) is 12.4 Å². The van der Waals surface area contributed by atoms with Gasteiger partial charge in [-0.05, 0) is 12.8 Å². The summed E-state index contributed by atoms with van der Waals surface area (Å²) >= 11 is 5.54. The average molecular weight is 308 g/mol. The number of alkyl halides is 3. The van der Waals surface area contributed by atoms with Crippen LogP contribution >= 0.6 is 11.6 Å². The van der Waals surface area contributed by atoms with Crippen LogP contribution in [0.2, 0.25) is 5.15 Å². The molecule has 2 rings (SSSR count). The first-order valence-corrected chi connectivity index (χ1v) is 6.61. The molecule has 1 amide bonds. The topological polar surface area (TPSA) is 54.9 Å². The number of rotatable bonds is 2. The fourth-order valence-corrected chi connectivity index (χ4v) is 2.53. The fraction of sp³-hybridized carbons (Fsp3) is 0.583. The lowest BCUT2D eigenvalue weighted by molar-refractivity contribution is -0.197. The van der Waals surface area contributed by atoms with Gasteiger partial charge in [-0.25, -0.2) is 9.97 Å². The molecule has 2 unspecified atom stereocenters. The zero-order valence-electron chi connectivity index (χ0n) is 10.5. The number of carbonyl (C=O) groups is 1. The molecule has 0 aromatic carbocycles. The Morgan fingerprint density at radius 3 is 2.55 bits per heavy atom. The van der Waals surface area contributed by atoms with E-state index in [2.05, 4.69) is 15.3 Å². The van der Waals surface area contributed by atoms with Crippen LogP contribution in [0.4, 0.5) is 19.0 Å². The van der Waals surface area contributed by atoms with Gasteiger partial charge in [0.15, 0.2) is 5.82 Å². The third-order valence-electron chi connectivity index (χ3n) is 3.39. The van der Waals surface area contributed by atoms with Gasteiger partial charge in [-0.2, -0.15) is 13.2 Å². The maximum atomic E-state index is 12.9. The third-order valence-corrected chi connectivity index (χ3v) is 3.59. The van der Waals surface area contributed by atoms with E-state index in [1.54, 1.807) is 0 Å². The number of hydrogen-bond acceptors (Lipinski definition) is 3. The number of carbonyl (C=O) groups excluding carboxylic acids is 1. The van der Waals surface area contributed by atoms with Crippen molar-refractivity contribution in [3.8, 4) is 0 Å². The second kappa shape index (κ2) is 5.95. The van der Waals surface area contributed by atoms with E-state index in [1.807, 2.05) is 0 Å². The van der Waals surface area contributed by atoms with Crippen molar-refractivity contribution >= 4 is 23.3 Å². The fourth-order valence-electron chi connectivity index (χ4n) is 2.43. The molecule has 1 saturated carbocycles. The minimum absolute atomic E-state index is 0.00607. The second-order valence-corrected chi connectivity index (χ2v) is 5.14. The van der Waals surface area contributed by atoms with Crippen LogP contribution < -0.4 is 5.32 Å². The first-order valence-electron chi connectivity index (χ1n) is 6.23. The molecule has 2 atom stereocenters. The number of hydrogen-bond donors (Lipinski definition) is 1. The second-order valence-electron chi connectivity index (χ2n) is 4.75. The number of nitrogens with one attached hydrogen (secondary N) is 1. The van der Waals surface area contributed by atoms with Crippen LogP contribution in [0.15, 0.2) is 12.4 Å². The van der Waals surface area contributed by atoms with Crippen LogP contribution in [-0.2, 0) is 4.79 Å². The molecule has 8 heteroatoms. The molecule has 0 saturated heterocycles. The van der Waals surface area contributed by atoms with Crippen LogP contribution in [0.5, 0.6) is 0 Å². The molecule has 0 radical (unpaired) electrons. The van der Waals surface area contributed by atoms with Gasteiger partial charge in [0.25, 0.3) is 0 Å². The highest BCUT2D eigenvalue weighted by Gasteiger charge is 2.48. The molecule has 110 valence electrons. The lowest BCUT2D eigenvalue weighted by atomic mass is 9.78. The van der Waals surface area contributed by atoms with E-state index in [0.717, 1.165) is 0 Å². The van der Waals surface area contributed by atoms with Crippen LogP contribution in [-0.4, -0.2) is 22.1 Å². The molecule has 1 aliphatic rings. The Morgan fingerprint density at radius 2 is 1.95 bits per heavy atom. The Balaban J connectivity index is 2.08. The molecular formula is C12H13ClF3N3O. The van der Waals surface area contributed by atoms with E-state index in [4.69, 9.17) is 11.6 Å². The third kappa shape index (κ3) is 3.59. The highest BCUT2D eigenvalue weighted by atomic mass is 35.5. The Kier molecular flexibility index (Phi) is 4.47. The highest BCUT2D eigenvalue weighted by Crippen LogP contribution is 2.41. The van der Waals surface area contributed by atoms with Crippen molar-refractivity contribution in [3.63, 3.8) is 0 Å². The number of aromatic nitrogens is 2. The molecule has 0 spiro atoms. The summed E-state index contributed by atoms with van der Waals surface area (Å²) in [5.74, 6) is -3.22. The summed E-state index contributed by atoms with van der Waals surface area (Å²) in [5.41, 5.74) is 0. The lowest BCUT2D eigenvalue weighted by Gasteiger charge is -2.31. The maximum Gasteiger partial charge on any atom is 0.392 e. The zero-order chi connectivity index (χ0) is 14.8. The van der Waals surface area contributed by atoms with Crippen molar-refractivity contribution in [1.82, 2.24) is 9.97 Å². The van der Waals surface area contributed by atoms with Crippen molar-refractivity contribution in [2.45, 2.75) is 31.9 Å². The molecule has 4 nitrogen and oxygen atoms in total. The minimum atomic E-state index is -4.35. The SMILES string of the molecule is O=C(Nc1cnc(Cl)cn1)C1CCCCC1C(F)(F)F. The Hall–Kier alpha value is -1.37. The van der Waals surface area contributed by atoms with Gasteiger partial charge >= 0.3 is 6.18 Å². The quantitative estimate of drug-likeness (QED) is 0.910. The van der Waals surface area contributed by atoms with Crippen LogP contribution in [0.3, 0.4) is 0 Å². The first kappa shape index (κ1) is 15.0. The summed E-state index contributed by atoms with van der Waals surface area (Å²) in [7, 11) is 0. The molecule has 20 heavy (non-hydrogen) atoms. The van der Waals surface area contributed by atoms with Crippen molar-refractivity contribution in [3.05, 3.63) is 17.5 Å². The summed E-state index contributed by atoms with van der Waals surface area (Å²) < 4.78 is 38.8. The molecule has 1 aliphatic carbocycles. The molecule has 1 fully saturated rings. The molecule has 0 bridgehead atoms. The smallest absolute Gasteiger partial charge is 0.309 e. The van der Waals surface area contributed by atoms with E-state index in [0.29, 0.717) is 12.8 Å². The molecule has 0 aliphatic heterocycles. The summed E-state index contributed by atoms with van der Waals surface area (Å²) in [6, 6.07) is 0. The minimum Gasteiger partial charge on any atom is -0.309 e. The Morgan fingerprint density at radius 1 is 1.25 bits per heavy atom. The Labute approximate surface area is 118 Å². The van der Waals surface area contributed by atoms with Crippen molar-refractivity contribution in [2.24, 2.45) is 11.8 Å². The standard InChI is InChI=1S/C12H13ClF3N3O/c13-9-5-18-10(6-17-9)19-11(20)7-3-1-2-4-8(7)12(14,15)16/h5-8H,1-4H2,(H,18,19,20). The maximum absolute atomic E-state index is 12.9. The number of halogens is 4. The lowest BCUT2D eigenvalue weighted by Crippen LogP contribution is -2.39. The normalized spacial score (nSPS) is 23.4. The van der Waals surface area contributed by atoms with Crippen molar-refractivity contribution in [1.29, 1.82) is 0 Å². The monoisotopic (exact) mass is 307 g/mol. The van der Waals surface area contributed by atoms with Crippen LogP contribution in [0, 0.1) is 11.8 Å². The first-order chi connectivity index (χ1) is 9.38. The van der Waals surface area contributed by atoms with E-state index in [9.17, 15) is 18.0 Å².